The van der Waals surface area contributed by atoms with E-state index < -0.39 is 6.04 Å². The van der Waals surface area contributed by atoms with Gasteiger partial charge >= 0.3 is 0 Å². The molecule has 6 rings (SSSR count). The van der Waals surface area contributed by atoms with Crippen LogP contribution < -0.4 is 19.6 Å². The second kappa shape index (κ2) is 11.8. The Bertz CT molecular complexity index is 2070. The number of thiazole rings is 1. The molecule has 0 bridgehead atoms. The van der Waals surface area contributed by atoms with Crippen molar-refractivity contribution in [2.75, 3.05) is 20.2 Å². The number of carbonyl (C=O) groups is 1. The van der Waals surface area contributed by atoms with Gasteiger partial charge < -0.3 is 14.2 Å². The summed E-state index contributed by atoms with van der Waals surface area (Å²) in [7, 11) is 1.62. The molecule has 2 aromatic heterocycles. The molecule has 0 spiro atoms. The first-order chi connectivity index (χ1) is 20.9. The van der Waals surface area contributed by atoms with Gasteiger partial charge in [0.15, 0.2) is 4.80 Å². The molecule has 0 fully saturated rings. The van der Waals surface area contributed by atoms with Crippen LogP contribution in [0.15, 0.2) is 105 Å². The van der Waals surface area contributed by atoms with E-state index in [0.29, 0.717) is 39.4 Å². The number of methoxy groups -OCH3 is 1. The van der Waals surface area contributed by atoms with Crippen molar-refractivity contribution >= 4 is 50.0 Å². The number of fused-ring (bicyclic) bond motifs is 2. The topological polar surface area (TPSA) is 68.8 Å². The van der Waals surface area contributed by atoms with Crippen molar-refractivity contribution in [3.05, 3.63) is 126 Å². The van der Waals surface area contributed by atoms with Gasteiger partial charge in [-0.15, -0.1) is 0 Å². The fourth-order valence-electron chi connectivity index (χ4n) is 5.77. The van der Waals surface area contributed by atoms with Crippen molar-refractivity contribution in [2.45, 2.75) is 26.8 Å². The van der Waals surface area contributed by atoms with E-state index in [9.17, 15) is 9.59 Å². The minimum atomic E-state index is -0.717. The van der Waals surface area contributed by atoms with Crippen LogP contribution in [0.1, 0.15) is 38.1 Å². The molecule has 0 saturated heterocycles. The predicted molar refractivity (Wildman–Crippen MR) is 176 cm³/mol. The Morgan fingerprint density at radius 1 is 1.05 bits per heavy atom. The minimum absolute atomic E-state index is 0.135. The summed E-state index contributed by atoms with van der Waals surface area (Å²) in [6.07, 6.45) is 3.87. The van der Waals surface area contributed by atoms with Crippen LogP contribution in [0.3, 0.4) is 0 Å². The predicted octanol–water partition coefficient (Wildman–Crippen LogP) is 5.82. The number of hydrogen-bond acceptors (Lipinski definition) is 5. The maximum absolute atomic E-state index is 14.4. The number of rotatable bonds is 7. The molecule has 9 heteroatoms. The molecule has 7 nitrogen and oxygen atoms in total. The van der Waals surface area contributed by atoms with Crippen LogP contribution in [-0.2, 0) is 4.79 Å². The van der Waals surface area contributed by atoms with Gasteiger partial charge in [-0.1, -0.05) is 57.6 Å². The van der Waals surface area contributed by atoms with Crippen LogP contribution in [0.5, 0.6) is 5.75 Å². The molecule has 0 aliphatic carbocycles. The maximum atomic E-state index is 14.4. The van der Waals surface area contributed by atoms with E-state index in [1.165, 1.54) is 11.3 Å². The summed E-state index contributed by atoms with van der Waals surface area (Å²) in [6, 6.07) is 23.1. The Hall–Kier alpha value is -4.21. The lowest BCUT2D eigenvalue weighted by atomic mass is 9.90. The standard InChI is InChI=1S/C34H31BrN4O3S/c1-5-37(6-2)33(41)29-21(3)36-34-39(31(29)30-26-12-8-7-10-22(26)13-18-27(30)42-4)32(40)28(43-34)20-25-11-9-19-38(25)24-16-14-23(35)15-17-24/h7-20,31H,5-6H2,1-4H3/b28-20+/t31-/m1/s1. The molecule has 0 unspecified atom stereocenters. The average Bonchev–Trinajstić information content (AvgIpc) is 3.60. The number of hydrogen-bond donors (Lipinski definition) is 0. The number of halogens is 1. The minimum Gasteiger partial charge on any atom is -0.496 e. The highest BCUT2D eigenvalue weighted by Gasteiger charge is 2.36. The van der Waals surface area contributed by atoms with Crippen molar-refractivity contribution in [1.82, 2.24) is 14.0 Å². The van der Waals surface area contributed by atoms with Crippen LogP contribution in [-0.4, -0.2) is 40.1 Å². The normalized spacial score (nSPS) is 15.0. The monoisotopic (exact) mass is 654 g/mol. The summed E-state index contributed by atoms with van der Waals surface area (Å²) in [5, 5.41) is 1.92. The molecule has 3 heterocycles. The highest BCUT2D eigenvalue weighted by Crippen LogP contribution is 2.40. The zero-order valence-corrected chi connectivity index (χ0v) is 26.8. The summed E-state index contributed by atoms with van der Waals surface area (Å²) < 4.78 is 11.1. The molecule has 0 radical (unpaired) electrons. The van der Waals surface area contributed by atoms with Crippen molar-refractivity contribution in [2.24, 2.45) is 4.99 Å². The summed E-state index contributed by atoms with van der Waals surface area (Å²) in [5.41, 5.74) is 3.50. The number of aromatic nitrogens is 2. The van der Waals surface area contributed by atoms with Gasteiger partial charge in [0, 0.05) is 40.7 Å². The van der Waals surface area contributed by atoms with E-state index in [1.807, 2.05) is 110 Å². The van der Waals surface area contributed by atoms with E-state index in [0.717, 1.165) is 32.2 Å². The second-order valence-corrected chi connectivity index (χ2v) is 12.2. The van der Waals surface area contributed by atoms with Gasteiger partial charge in [0.2, 0.25) is 0 Å². The SMILES string of the molecule is CCN(CC)C(=O)C1=C(C)N=c2s/c(=C/c3cccn3-c3ccc(Br)cc3)c(=O)n2[C@H]1c1c(OC)ccc2ccccc12. The van der Waals surface area contributed by atoms with E-state index in [-0.39, 0.29) is 11.5 Å². The van der Waals surface area contributed by atoms with Crippen LogP contribution >= 0.6 is 27.3 Å². The quantitative estimate of drug-likeness (QED) is 0.222. The summed E-state index contributed by atoms with van der Waals surface area (Å²) in [4.78, 5) is 35.7. The zero-order chi connectivity index (χ0) is 30.2. The highest BCUT2D eigenvalue weighted by molar-refractivity contribution is 9.10. The van der Waals surface area contributed by atoms with Crippen LogP contribution in [0.2, 0.25) is 0 Å². The second-order valence-electron chi connectivity index (χ2n) is 10.2. The van der Waals surface area contributed by atoms with Gasteiger partial charge in [-0.25, -0.2) is 4.99 Å². The Morgan fingerprint density at radius 2 is 1.79 bits per heavy atom. The third kappa shape index (κ3) is 5.06. The smallest absolute Gasteiger partial charge is 0.271 e. The van der Waals surface area contributed by atoms with Crippen molar-refractivity contribution in [3.8, 4) is 11.4 Å². The molecule has 1 aliphatic rings. The summed E-state index contributed by atoms with van der Waals surface area (Å²) in [5.74, 6) is 0.478. The van der Waals surface area contributed by atoms with Crippen LogP contribution in [0.4, 0.5) is 0 Å². The lowest BCUT2D eigenvalue weighted by Crippen LogP contribution is -2.43. The number of carbonyl (C=O) groups excluding carboxylic acids is 1. The molecule has 0 N–H and O–H groups in total. The summed E-state index contributed by atoms with van der Waals surface area (Å²) >= 11 is 4.83. The fraction of sp³-hybridized carbons (Fsp3) is 0.206. The molecular formula is C34H31BrN4O3S. The molecular weight excluding hydrogens is 624 g/mol. The lowest BCUT2D eigenvalue weighted by Gasteiger charge is -2.30. The lowest BCUT2D eigenvalue weighted by molar-refractivity contribution is -0.127. The first kappa shape index (κ1) is 28.9. The Morgan fingerprint density at radius 3 is 2.51 bits per heavy atom. The van der Waals surface area contributed by atoms with E-state index in [1.54, 1.807) is 16.6 Å². The van der Waals surface area contributed by atoms with Crippen LogP contribution in [0.25, 0.3) is 22.5 Å². The van der Waals surface area contributed by atoms with Crippen molar-refractivity contribution < 1.29 is 9.53 Å². The molecule has 1 atom stereocenters. The van der Waals surface area contributed by atoms with Gasteiger partial charge in [-0.3, -0.25) is 14.2 Å². The Labute approximate surface area is 261 Å². The third-order valence-corrected chi connectivity index (χ3v) is 9.40. The maximum Gasteiger partial charge on any atom is 0.271 e. The number of benzene rings is 3. The zero-order valence-electron chi connectivity index (χ0n) is 24.4. The van der Waals surface area contributed by atoms with Gasteiger partial charge in [-0.2, -0.15) is 0 Å². The molecule has 3 aromatic carbocycles. The number of ether oxygens (including phenoxy) is 1. The number of amides is 1. The van der Waals surface area contributed by atoms with Crippen LogP contribution in [0, 0.1) is 0 Å². The Kier molecular flexibility index (Phi) is 7.94. The molecule has 0 saturated carbocycles. The first-order valence-corrected chi connectivity index (χ1v) is 15.8. The first-order valence-electron chi connectivity index (χ1n) is 14.2. The van der Waals surface area contributed by atoms with Gasteiger partial charge in [0.1, 0.15) is 11.8 Å². The molecule has 218 valence electrons. The number of likely N-dealkylation sites (N-methyl/N-ethyl adjacent to an activating group) is 1. The summed E-state index contributed by atoms with van der Waals surface area (Å²) in [6.45, 7) is 6.87. The Balaban J connectivity index is 1.62. The fourth-order valence-corrected chi connectivity index (χ4v) is 7.06. The van der Waals surface area contributed by atoms with E-state index in [2.05, 4.69) is 15.9 Å². The van der Waals surface area contributed by atoms with Gasteiger partial charge in [0.25, 0.3) is 11.5 Å². The largest absolute Gasteiger partial charge is 0.496 e. The number of nitrogens with zero attached hydrogens (tertiary/aromatic N) is 4. The van der Waals surface area contributed by atoms with Gasteiger partial charge in [0.05, 0.1) is 22.9 Å². The molecule has 43 heavy (non-hydrogen) atoms. The highest BCUT2D eigenvalue weighted by atomic mass is 79.9. The average molecular weight is 656 g/mol. The van der Waals surface area contributed by atoms with E-state index >= 15 is 0 Å². The molecule has 1 amide bonds. The third-order valence-electron chi connectivity index (χ3n) is 7.89. The molecule has 1 aliphatic heterocycles. The molecule has 5 aromatic rings. The van der Waals surface area contributed by atoms with Gasteiger partial charge in [-0.05, 0) is 80.1 Å². The van der Waals surface area contributed by atoms with Crippen molar-refractivity contribution in [3.63, 3.8) is 0 Å². The number of allylic oxidation sites excluding steroid dienone is 1. The van der Waals surface area contributed by atoms with Crippen molar-refractivity contribution in [1.29, 1.82) is 0 Å². The van der Waals surface area contributed by atoms with E-state index in [4.69, 9.17) is 9.73 Å².